The van der Waals surface area contributed by atoms with Crippen molar-refractivity contribution in [2.24, 2.45) is 0 Å². The summed E-state index contributed by atoms with van der Waals surface area (Å²) < 4.78 is 30.7. The van der Waals surface area contributed by atoms with E-state index in [4.69, 9.17) is 0 Å². The van der Waals surface area contributed by atoms with Gasteiger partial charge in [0.25, 0.3) is 0 Å². The molecule has 27 heavy (non-hydrogen) atoms. The van der Waals surface area contributed by atoms with Crippen LogP contribution in [0.3, 0.4) is 0 Å². The number of nitrogens with one attached hydrogen (secondary N) is 1. The van der Waals surface area contributed by atoms with Crippen LogP contribution in [0.1, 0.15) is 0 Å². The fourth-order valence-electron chi connectivity index (χ4n) is 2.74. The van der Waals surface area contributed by atoms with Crippen LogP contribution in [0.4, 0.5) is 14.5 Å². The van der Waals surface area contributed by atoms with Crippen molar-refractivity contribution in [3.63, 3.8) is 0 Å². The Hall–Kier alpha value is -3.88. The lowest BCUT2D eigenvalue weighted by atomic mass is 10.2. The second kappa shape index (κ2) is 6.45. The second-order valence-corrected chi connectivity index (χ2v) is 5.62. The van der Waals surface area contributed by atoms with Gasteiger partial charge in [-0.25, -0.2) is 18.7 Å². The maximum Gasteiger partial charge on any atom is 0.214 e. The van der Waals surface area contributed by atoms with Crippen molar-refractivity contribution in [1.29, 1.82) is 0 Å². The number of rotatable bonds is 4. The third-order valence-electron chi connectivity index (χ3n) is 3.98. The van der Waals surface area contributed by atoms with Gasteiger partial charge < -0.3 is 5.32 Å². The number of carbonyl (C=O) groups excluding carboxylic acids is 1. The highest BCUT2D eigenvalue weighted by molar-refractivity contribution is 5.84. The summed E-state index contributed by atoms with van der Waals surface area (Å²) in [6, 6.07) is 6.49. The van der Waals surface area contributed by atoms with Crippen LogP contribution in [-0.4, -0.2) is 25.5 Å². The molecule has 0 aliphatic heterocycles. The Kier molecular flexibility index (Phi) is 3.96. The summed E-state index contributed by atoms with van der Waals surface area (Å²) in [5.41, 5.74) is -0.0170. The number of imidazole rings is 1. The number of hydrogen-bond acceptors (Lipinski definition) is 4. The molecule has 134 valence electrons. The molecule has 9 heteroatoms. The van der Waals surface area contributed by atoms with E-state index in [1.165, 1.54) is 58.3 Å². The summed E-state index contributed by atoms with van der Waals surface area (Å²) in [6.07, 6.45) is 6.06. The highest BCUT2D eigenvalue weighted by atomic mass is 19.1. The Balaban J connectivity index is 2.08. The zero-order valence-corrected chi connectivity index (χ0v) is 13.6. The molecule has 0 unspecified atom stereocenters. The molecule has 0 atom stereocenters. The Labute approximate surface area is 150 Å². The Morgan fingerprint density at radius 2 is 1.93 bits per heavy atom. The van der Waals surface area contributed by atoms with Gasteiger partial charge >= 0.3 is 0 Å². The molecule has 1 aromatic carbocycles. The molecule has 4 rings (SSSR count). The van der Waals surface area contributed by atoms with Gasteiger partial charge in [0.2, 0.25) is 11.8 Å². The van der Waals surface area contributed by atoms with E-state index in [1.54, 1.807) is 0 Å². The van der Waals surface area contributed by atoms with Crippen LogP contribution in [0.25, 0.3) is 22.5 Å². The van der Waals surface area contributed by atoms with Crippen LogP contribution in [0.5, 0.6) is 0 Å². The van der Waals surface area contributed by atoms with Crippen LogP contribution in [0.2, 0.25) is 0 Å². The highest BCUT2D eigenvalue weighted by Crippen LogP contribution is 2.22. The van der Waals surface area contributed by atoms with E-state index in [-0.39, 0.29) is 22.5 Å². The molecule has 0 saturated heterocycles. The fourth-order valence-corrected chi connectivity index (χ4v) is 2.74. The van der Waals surface area contributed by atoms with Gasteiger partial charge in [0, 0.05) is 24.3 Å². The van der Waals surface area contributed by atoms with Crippen molar-refractivity contribution < 1.29 is 13.6 Å². The SMILES string of the molecule is O=CNc1cn(-c2ccc(F)cc2)c2nc(-n3ccnc3)c(F)cc2c1=O. The molecule has 0 fully saturated rings. The van der Waals surface area contributed by atoms with Crippen LogP contribution >= 0.6 is 0 Å². The number of anilines is 1. The smallest absolute Gasteiger partial charge is 0.214 e. The first-order chi connectivity index (χ1) is 13.1. The molecule has 0 bridgehead atoms. The largest absolute Gasteiger partial charge is 0.324 e. The number of hydrogen-bond donors (Lipinski definition) is 1. The van der Waals surface area contributed by atoms with E-state index in [9.17, 15) is 18.4 Å². The molecule has 7 nitrogen and oxygen atoms in total. The second-order valence-electron chi connectivity index (χ2n) is 5.62. The average Bonchev–Trinajstić information content (AvgIpc) is 3.19. The maximum absolute atomic E-state index is 14.6. The normalized spacial score (nSPS) is 10.9. The fraction of sp³-hybridized carbons (Fsp3) is 0. The van der Waals surface area contributed by atoms with Gasteiger partial charge in [-0.2, -0.15) is 0 Å². The summed E-state index contributed by atoms with van der Waals surface area (Å²) in [6.45, 7) is 0. The van der Waals surface area contributed by atoms with Gasteiger partial charge in [-0.1, -0.05) is 0 Å². The van der Waals surface area contributed by atoms with Gasteiger partial charge in [0.15, 0.2) is 17.3 Å². The van der Waals surface area contributed by atoms with E-state index in [2.05, 4.69) is 15.3 Å². The van der Waals surface area contributed by atoms with Crippen LogP contribution in [-0.2, 0) is 4.79 Å². The summed E-state index contributed by atoms with van der Waals surface area (Å²) in [5, 5.41) is 2.26. The van der Waals surface area contributed by atoms with Crippen LogP contribution in [0.15, 0.2) is 60.0 Å². The molecule has 1 N–H and O–H groups in total. The van der Waals surface area contributed by atoms with Crippen LogP contribution < -0.4 is 10.7 Å². The predicted octanol–water partition coefficient (Wildman–Crippen LogP) is 2.42. The minimum Gasteiger partial charge on any atom is -0.324 e. The maximum atomic E-state index is 14.6. The molecular formula is C18H11F2N5O2. The Morgan fingerprint density at radius 1 is 1.15 bits per heavy atom. The van der Waals surface area contributed by atoms with E-state index in [0.717, 1.165) is 6.07 Å². The number of amides is 1. The number of carbonyl (C=O) groups is 1. The monoisotopic (exact) mass is 367 g/mol. The summed E-state index contributed by atoms with van der Waals surface area (Å²) >= 11 is 0. The topological polar surface area (TPSA) is 81.8 Å². The number of nitrogens with zero attached hydrogens (tertiary/aromatic N) is 4. The lowest BCUT2D eigenvalue weighted by molar-refractivity contribution is -0.105. The minimum absolute atomic E-state index is 0.0347. The third kappa shape index (κ3) is 2.84. The molecule has 0 spiro atoms. The van der Waals surface area contributed by atoms with Crippen molar-refractivity contribution in [3.8, 4) is 11.5 Å². The zero-order chi connectivity index (χ0) is 19.0. The van der Waals surface area contributed by atoms with Gasteiger partial charge in [-0.15, -0.1) is 0 Å². The molecule has 1 amide bonds. The van der Waals surface area contributed by atoms with Gasteiger partial charge in [-0.05, 0) is 30.3 Å². The molecular weight excluding hydrogens is 356 g/mol. The number of aromatic nitrogens is 4. The zero-order valence-electron chi connectivity index (χ0n) is 13.6. The first kappa shape index (κ1) is 16.6. The van der Waals surface area contributed by atoms with E-state index >= 15 is 0 Å². The molecule has 3 heterocycles. The highest BCUT2D eigenvalue weighted by Gasteiger charge is 2.16. The van der Waals surface area contributed by atoms with Crippen molar-refractivity contribution in [2.75, 3.05) is 5.32 Å². The Bertz CT molecular complexity index is 1200. The lowest BCUT2D eigenvalue weighted by Gasteiger charge is -2.14. The van der Waals surface area contributed by atoms with Crippen molar-refractivity contribution in [1.82, 2.24) is 19.1 Å². The number of benzene rings is 1. The predicted molar refractivity (Wildman–Crippen MR) is 94.1 cm³/mol. The van der Waals surface area contributed by atoms with E-state index in [0.29, 0.717) is 12.1 Å². The molecule has 3 aromatic heterocycles. The van der Waals surface area contributed by atoms with Gasteiger partial charge in [-0.3, -0.25) is 18.7 Å². The van der Waals surface area contributed by atoms with E-state index in [1.807, 2.05) is 0 Å². The summed E-state index contributed by atoms with van der Waals surface area (Å²) in [4.78, 5) is 31.6. The van der Waals surface area contributed by atoms with Gasteiger partial charge in [0.1, 0.15) is 17.8 Å². The molecule has 0 radical (unpaired) electrons. The molecule has 0 saturated carbocycles. The van der Waals surface area contributed by atoms with E-state index < -0.39 is 17.1 Å². The lowest BCUT2D eigenvalue weighted by Crippen LogP contribution is -2.16. The molecule has 0 aliphatic carbocycles. The number of fused-ring (bicyclic) bond motifs is 1. The summed E-state index contributed by atoms with van der Waals surface area (Å²) in [7, 11) is 0. The minimum atomic E-state index is -0.730. The van der Waals surface area contributed by atoms with Crippen molar-refractivity contribution in [2.45, 2.75) is 0 Å². The first-order valence-corrected chi connectivity index (χ1v) is 7.79. The molecule has 4 aromatic rings. The standard InChI is InChI=1S/C18H11F2N5O2/c19-11-1-3-12(4-2-11)25-8-15(22-10-26)16(27)13-7-14(20)18(23-17(13)25)24-6-5-21-9-24/h1-10H,(H,22,26). The number of halogens is 2. The van der Waals surface area contributed by atoms with Crippen LogP contribution in [0, 0.1) is 11.6 Å². The average molecular weight is 367 g/mol. The molecule has 0 aliphatic rings. The van der Waals surface area contributed by atoms with Crippen molar-refractivity contribution >= 4 is 23.1 Å². The quantitative estimate of drug-likeness (QED) is 0.562. The third-order valence-corrected chi connectivity index (χ3v) is 3.98. The van der Waals surface area contributed by atoms with Crippen molar-refractivity contribution in [3.05, 3.63) is 77.1 Å². The Morgan fingerprint density at radius 3 is 2.59 bits per heavy atom. The summed E-state index contributed by atoms with van der Waals surface area (Å²) in [5.74, 6) is -1.22. The number of pyridine rings is 2. The first-order valence-electron chi connectivity index (χ1n) is 7.79. The van der Waals surface area contributed by atoms with Gasteiger partial charge in [0.05, 0.1) is 5.39 Å².